The number of amides is 1. The third-order valence-corrected chi connectivity index (χ3v) is 3.52. The van der Waals surface area contributed by atoms with Crippen molar-refractivity contribution in [2.24, 2.45) is 11.8 Å². The summed E-state index contributed by atoms with van der Waals surface area (Å²) in [5, 5.41) is 12.4. The normalized spacial score (nSPS) is 20.9. The molecule has 0 aromatic heterocycles. The van der Waals surface area contributed by atoms with E-state index >= 15 is 0 Å². The van der Waals surface area contributed by atoms with Crippen molar-refractivity contribution in [3.63, 3.8) is 0 Å². The lowest BCUT2D eigenvalue weighted by molar-refractivity contribution is -0.127. The summed E-state index contributed by atoms with van der Waals surface area (Å²) in [5.41, 5.74) is 0. The van der Waals surface area contributed by atoms with Gasteiger partial charge in [-0.05, 0) is 25.2 Å². The number of hydrogen-bond donors (Lipinski definition) is 2. The van der Waals surface area contributed by atoms with Crippen LogP contribution in [0.25, 0.3) is 0 Å². The first-order valence-corrected chi connectivity index (χ1v) is 6.68. The molecular weight excluding hydrogens is 218 g/mol. The van der Waals surface area contributed by atoms with Gasteiger partial charge in [0.15, 0.2) is 0 Å². The van der Waals surface area contributed by atoms with Crippen molar-refractivity contribution in [1.82, 2.24) is 5.32 Å². The largest absolute Gasteiger partial charge is 0.391 e. The van der Waals surface area contributed by atoms with Crippen LogP contribution in [0, 0.1) is 11.8 Å². The van der Waals surface area contributed by atoms with Crippen LogP contribution in [0.5, 0.6) is 0 Å². The van der Waals surface area contributed by atoms with Crippen LogP contribution in [0.1, 0.15) is 39.5 Å². The minimum Gasteiger partial charge on any atom is -0.391 e. The number of ether oxygens (including phenoxy) is 1. The summed E-state index contributed by atoms with van der Waals surface area (Å²) in [6, 6.07) is 0. The quantitative estimate of drug-likeness (QED) is 0.740. The Kier molecular flexibility index (Phi) is 6.52. The fraction of sp³-hybridized carbons (Fsp3) is 0.923. The van der Waals surface area contributed by atoms with E-state index in [1.165, 1.54) is 0 Å². The van der Waals surface area contributed by atoms with Gasteiger partial charge in [0.1, 0.15) is 0 Å². The molecule has 0 bridgehead atoms. The Morgan fingerprint density at radius 2 is 2.12 bits per heavy atom. The van der Waals surface area contributed by atoms with Gasteiger partial charge in [0.2, 0.25) is 5.91 Å². The number of nitrogens with one attached hydrogen (secondary N) is 1. The van der Waals surface area contributed by atoms with Gasteiger partial charge in [0.25, 0.3) is 0 Å². The summed E-state index contributed by atoms with van der Waals surface area (Å²) in [7, 11) is 0. The molecule has 0 spiro atoms. The second-order valence-electron chi connectivity index (χ2n) is 4.93. The Bertz CT molecular complexity index is 227. The van der Waals surface area contributed by atoms with Gasteiger partial charge in [0.05, 0.1) is 6.10 Å². The number of rotatable bonds is 6. The van der Waals surface area contributed by atoms with Crippen molar-refractivity contribution >= 4 is 5.91 Å². The summed E-state index contributed by atoms with van der Waals surface area (Å²) in [5.74, 6) is 0.506. The molecule has 4 heteroatoms. The molecule has 1 aliphatic heterocycles. The van der Waals surface area contributed by atoms with E-state index in [1.807, 2.05) is 13.8 Å². The molecule has 1 fully saturated rings. The first-order valence-electron chi connectivity index (χ1n) is 6.68. The van der Waals surface area contributed by atoms with E-state index in [0.29, 0.717) is 12.5 Å². The highest BCUT2D eigenvalue weighted by Gasteiger charge is 2.25. The van der Waals surface area contributed by atoms with Crippen LogP contribution in [-0.4, -0.2) is 36.9 Å². The van der Waals surface area contributed by atoms with Crippen molar-refractivity contribution in [3.05, 3.63) is 0 Å². The zero-order valence-electron chi connectivity index (χ0n) is 10.9. The van der Waals surface area contributed by atoms with E-state index in [2.05, 4.69) is 5.32 Å². The molecule has 17 heavy (non-hydrogen) atoms. The van der Waals surface area contributed by atoms with E-state index < -0.39 is 6.10 Å². The summed E-state index contributed by atoms with van der Waals surface area (Å²) in [6.07, 6.45) is 3.20. The topological polar surface area (TPSA) is 58.6 Å². The molecule has 0 aromatic rings. The molecule has 1 saturated heterocycles. The van der Waals surface area contributed by atoms with Gasteiger partial charge >= 0.3 is 0 Å². The fourth-order valence-corrected chi connectivity index (χ4v) is 2.24. The number of hydrogen-bond acceptors (Lipinski definition) is 3. The van der Waals surface area contributed by atoms with Gasteiger partial charge in [-0.25, -0.2) is 0 Å². The number of carbonyl (C=O) groups is 1. The Hall–Kier alpha value is -0.610. The SMILES string of the molecule is CCCC(O)CNC(=O)C(C)C1CCOCC1. The third kappa shape index (κ3) is 5.04. The molecule has 4 nitrogen and oxygen atoms in total. The molecule has 1 amide bonds. The van der Waals surface area contributed by atoms with E-state index in [1.54, 1.807) is 0 Å². The highest BCUT2D eigenvalue weighted by atomic mass is 16.5. The fourth-order valence-electron chi connectivity index (χ4n) is 2.24. The molecule has 0 radical (unpaired) electrons. The van der Waals surface area contributed by atoms with Crippen LogP contribution in [0.4, 0.5) is 0 Å². The monoisotopic (exact) mass is 243 g/mol. The molecule has 2 atom stereocenters. The lowest BCUT2D eigenvalue weighted by atomic mass is 9.87. The van der Waals surface area contributed by atoms with Crippen LogP contribution in [0.3, 0.4) is 0 Å². The van der Waals surface area contributed by atoms with E-state index in [-0.39, 0.29) is 11.8 Å². The first kappa shape index (κ1) is 14.5. The molecule has 0 aromatic carbocycles. The molecule has 1 heterocycles. The maximum absolute atomic E-state index is 11.9. The average Bonchev–Trinajstić information content (AvgIpc) is 2.36. The van der Waals surface area contributed by atoms with Crippen molar-refractivity contribution in [2.45, 2.75) is 45.6 Å². The smallest absolute Gasteiger partial charge is 0.223 e. The second-order valence-corrected chi connectivity index (χ2v) is 4.93. The lowest BCUT2D eigenvalue weighted by Crippen LogP contribution is -2.39. The van der Waals surface area contributed by atoms with Crippen molar-refractivity contribution in [3.8, 4) is 0 Å². The number of aliphatic hydroxyl groups excluding tert-OH is 1. The van der Waals surface area contributed by atoms with Gasteiger partial charge in [0, 0.05) is 25.7 Å². The van der Waals surface area contributed by atoms with Gasteiger partial charge in [-0.15, -0.1) is 0 Å². The summed E-state index contributed by atoms with van der Waals surface area (Å²) >= 11 is 0. The molecule has 2 unspecified atom stereocenters. The third-order valence-electron chi connectivity index (χ3n) is 3.52. The van der Waals surface area contributed by atoms with E-state index in [9.17, 15) is 9.90 Å². The zero-order chi connectivity index (χ0) is 12.7. The van der Waals surface area contributed by atoms with Crippen molar-refractivity contribution < 1.29 is 14.6 Å². The number of aliphatic hydroxyl groups is 1. The Balaban J connectivity index is 2.25. The van der Waals surface area contributed by atoms with Crippen LogP contribution in [0.15, 0.2) is 0 Å². The Labute approximate surface area is 104 Å². The van der Waals surface area contributed by atoms with E-state index in [4.69, 9.17) is 4.74 Å². The Morgan fingerprint density at radius 1 is 1.47 bits per heavy atom. The van der Waals surface area contributed by atoms with Gasteiger partial charge in [-0.1, -0.05) is 20.3 Å². The van der Waals surface area contributed by atoms with Crippen LogP contribution < -0.4 is 5.32 Å². The van der Waals surface area contributed by atoms with Crippen LogP contribution in [-0.2, 0) is 9.53 Å². The second kappa shape index (κ2) is 7.67. The maximum atomic E-state index is 11.9. The predicted molar refractivity (Wildman–Crippen MR) is 66.6 cm³/mol. The summed E-state index contributed by atoms with van der Waals surface area (Å²) in [6.45, 7) is 5.90. The standard InChI is InChI=1S/C13H25NO3/c1-3-4-12(15)9-14-13(16)10(2)11-5-7-17-8-6-11/h10-12,15H,3-9H2,1-2H3,(H,14,16). The van der Waals surface area contributed by atoms with E-state index in [0.717, 1.165) is 38.9 Å². The molecule has 100 valence electrons. The lowest BCUT2D eigenvalue weighted by Gasteiger charge is -2.27. The Morgan fingerprint density at radius 3 is 2.71 bits per heavy atom. The molecular formula is C13H25NO3. The average molecular weight is 243 g/mol. The molecule has 0 aliphatic carbocycles. The van der Waals surface area contributed by atoms with Gasteiger partial charge in [-0.3, -0.25) is 4.79 Å². The predicted octanol–water partition coefficient (Wildman–Crippen LogP) is 1.33. The molecule has 1 rings (SSSR count). The summed E-state index contributed by atoms with van der Waals surface area (Å²) < 4.78 is 5.29. The van der Waals surface area contributed by atoms with Crippen molar-refractivity contribution in [2.75, 3.05) is 19.8 Å². The minimum atomic E-state index is -0.411. The molecule has 2 N–H and O–H groups in total. The van der Waals surface area contributed by atoms with Crippen LogP contribution >= 0.6 is 0 Å². The molecule has 0 saturated carbocycles. The highest BCUT2D eigenvalue weighted by molar-refractivity contribution is 5.78. The molecule has 1 aliphatic rings. The van der Waals surface area contributed by atoms with Crippen LogP contribution in [0.2, 0.25) is 0 Å². The first-order chi connectivity index (χ1) is 8.15. The summed E-state index contributed by atoms with van der Waals surface area (Å²) in [4.78, 5) is 11.9. The highest BCUT2D eigenvalue weighted by Crippen LogP contribution is 2.23. The number of carbonyl (C=O) groups excluding carboxylic acids is 1. The maximum Gasteiger partial charge on any atom is 0.223 e. The minimum absolute atomic E-state index is 0.0210. The van der Waals surface area contributed by atoms with Gasteiger partial charge < -0.3 is 15.2 Å². The zero-order valence-corrected chi connectivity index (χ0v) is 10.9. The van der Waals surface area contributed by atoms with Gasteiger partial charge in [-0.2, -0.15) is 0 Å². The van der Waals surface area contributed by atoms with Crippen molar-refractivity contribution in [1.29, 1.82) is 0 Å².